The maximum atomic E-state index is 17.7. The summed E-state index contributed by atoms with van der Waals surface area (Å²) in [7, 11) is 0. The molecule has 484 valence electrons. The second-order valence-corrected chi connectivity index (χ2v) is 29.3. The highest BCUT2D eigenvalue weighted by Gasteiger charge is 2.47. The number of ether oxygens (including phenoxy) is 4. The van der Waals surface area contributed by atoms with Gasteiger partial charge in [0.05, 0.1) is 61.7 Å². The van der Waals surface area contributed by atoms with E-state index in [1.807, 2.05) is 91.5 Å². The molecule has 6 aromatic rings. The first-order valence-corrected chi connectivity index (χ1v) is 32.6. The Bertz CT molecular complexity index is 3660. The summed E-state index contributed by atoms with van der Waals surface area (Å²) in [6, 6.07) is 9.09. The van der Waals surface area contributed by atoms with E-state index in [-0.39, 0.29) is 80.8 Å². The summed E-state index contributed by atoms with van der Waals surface area (Å²) in [5, 5.41) is 19.6. The van der Waals surface area contributed by atoms with Crippen molar-refractivity contribution in [1.82, 2.24) is 45.3 Å². The Morgan fingerprint density at radius 1 is 0.844 bits per heavy atom. The fourth-order valence-corrected chi connectivity index (χ4v) is 14.2. The normalized spacial score (nSPS) is 20.3. The number of anilines is 2. The van der Waals surface area contributed by atoms with Gasteiger partial charge in [-0.2, -0.15) is 9.97 Å². The number of aliphatic hydroxyl groups excluding tert-OH is 1. The molecule has 4 fully saturated rings. The summed E-state index contributed by atoms with van der Waals surface area (Å²) in [6.45, 7) is 23.7. The summed E-state index contributed by atoms with van der Waals surface area (Å²) < 4.78 is 57.1. The number of carbonyl (C=O) groups is 5. The summed E-state index contributed by atoms with van der Waals surface area (Å²) in [5.74, 6) is -2.49. The Kier molecular flexibility index (Phi) is 19.3. The molecular weight excluding hydrogens is 1220 g/mol. The van der Waals surface area contributed by atoms with Crippen molar-refractivity contribution in [2.75, 3.05) is 56.1 Å². The molecule has 90 heavy (non-hydrogen) atoms. The minimum absolute atomic E-state index is 0.0237. The Balaban J connectivity index is 0.794. The Morgan fingerprint density at radius 2 is 1.52 bits per heavy atom. The van der Waals surface area contributed by atoms with Gasteiger partial charge in [0, 0.05) is 62.2 Å². The van der Waals surface area contributed by atoms with Gasteiger partial charge in [0.25, 0.3) is 0 Å². The fourth-order valence-electron chi connectivity index (χ4n) is 12.3. The standard InChI is InChI=1S/C64H80ClF2N11O10S2/c1-33(27-75-23-21-41(22-24-75)85-31-47(80)70-54(62(4,5)6)57(82)77-30-40(79)25-46(77)56(81)69-34(2)36-13-15-37(16-14-36)52-35(3)68-32-89-52)86-58-71-50-43(55(73-58)76-28-38-17-18-39(29-76)78(38)61(84)88-64(10,11)12)26-44(65)48(49(50)67)42-19-20-45(66)53-51(42)72-59(90-53)74-60(83)87-63(7,8)9/h13-16,19-20,26,32-34,38-41,46,54,79H,17-18,21-25,27-31H2,1-12H3,(H,69,81)(H,70,80)(H,72,74,83)/t33?,34-,38?,39?,40+,46-,54+/m0/s1. The average molecular weight is 1300 g/mol. The Morgan fingerprint density at radius 3 is 2.16 bits per heavy atom. The predicted molar refractivity (Wildman–Crippen MR) is 342 cm³/mol. The first-order valence-electron chi connectivity index (χ1n) is 30.5. The topological polar surface area (TPSA) is 243 Å². The van der Waals surface area contributed by atoms with Gasteiger partial charge >= 0.3 is 18.2 Å². The van der Waals surface area contributed by atoms with Gasteiger partial charge in [0.15, 0.2) is 10.9 Å². The lowest BCUT2D eigenvalue weighted by Crippen LogP contribution is -2.58. The molecule has 4 saturated heterocycles. The van der Waals surface area contributed by atoms with E-state index < -0.39 is 88.5 Å². The highest BCUT2D eigenvalue weighted by Crippen LogP contribution is 2.45. The maximum absolute atomic E-state index is 17.7. The number of thiazole rings is 2. The van der Waals surface area contributed by atoms with Gasteiger partial charge in [-0.25, -0.2) is 28.3 Å². The van der Waals surface area contributed by atoms with E-state index in [0.29, 0.717) is 56.8 Å². The molecule has 3 unspecified atom stereocenters. The molecular formula is C64H80ClF2N11O10S2. The van der Waals surface area contributed by atoms with E-state index in [0.717, 1.165) is 45.9 Å². The zero-order chi connectivity index (χ0) is 64.9. The molecule has 0 spiro atoms. The van der Waals surface area contributed by atoms with Crippen LogP contribution in [0, 0.1) is 24.0 Å². The zero-order valence-corrected chi connectivity index (χ0v) is 55.3. The van der Waals surface area contributed by atoms with Crippen molar-refractivity contribution in [3.8, 4) is 27.6 Å². The van der Waals surface area contributed by atoms with E-state index in [4.69, 9.17) is 40.5 Å². The SMILES string of the molecule is Cc1ncsc1-c1ccc([C@H](C)NC(=O)[C@@H]2C[C@@H](O)CN2C(=O)[C@@H](NC(=O)COC2CCN(CC(C)Oc3nc(N4CC5CCC(C4)N5C(=O)OC(C)(C)C)c4cc(Cl)c(-c5ccc(F)c6sc(NC(=O)OC(C)(C)C)nc56)c(F)c4n3)CC2)C(C)(C)C)cc1. The lowest BCUT2D eigenvalue weighted by atomic mass is 9.85. The van der Waals surface area contributed by atoms with Crippen molar-refractivity contribution in [2.45, 2.75) is 175 Å². The van der Waals surface area contributed by atoms with Crippen molar-refractivity contribution in [2.24, 2.45) is 5.41 Å². The van der Waals surface area contributed by atoms with E-state index >= 15 is 8.78 Å². The van der Waals surface area contributed by atoms with Crippen molar-refractivity contribution in [3.63, 3.8) is 0 Å². The van der Waals surface area contributed by atoms with Crippen molar-refractivity contribution >= 4 is 96.3 Å². The number of likely N-dealkylation sites (tertiary alicyclic amines) is 2. The molecule has 0 aliphatic carbocycles. The molecule has 7 heterocycles. The van der Waals surface area contributed by atoms with E-state index in [1.165, 1.54) is 17.0 Å². The molecule has 10 rings (SSSR count). The number of nitrogens with one attached hydrogen (secondary N) is 3. The molecule has 4 N–H and O–H groups in total. The number of carbonyl (C=O) groups excluding carboxylic acids is 5. The van der Waals surface area contributed by atoms with Crippen LogP contribution in [0.1, 0.15) is 126 Å². The van der Waals surface area contributed by atoms with Gasteiger partial charge < -0.3 is 44.5 Å². The molecule has 0 radical (unpaired) electrons. The fraction of sp³-hybridized carbons (Fsp3) is 0.547. The number of aliphatic hydroxyl groups is 1. The molecule has 2 bridgehead atoms. The van der Waals surface area contributed by atoms with Gasteiger partial charge in [0.2, 0.25) is 17.7 Å². The molecule has 4 aliphatic rings. The number of hydrogen-bond donors (Lipinski definition) is 4. The van der Waals surface area contributed by atoms with Gasteiger partial charge in [0.1, 0.15) is 53.1 Å². The van der Waals surface area contributed by atoms with E-state index in [9.17, 15) is 29.1 Å². The third-order valence-corrected chi connectivity index (χ3v) is 18.7. The average Bonchev–Trinajstić information content (AvgIpc) is 1.16. The lowest BCUT2D eigenvalue weighted by Gasteiger charge is -2.42. The zero-order valence-electron chi connectivity index (χ0n) is 52.9. The third-order valence-electron chi connectivity index (χ3n) is 16.5. The quantitative estimate of drug-likeness (QED) is 0.0704. The Hall–Kier alpha value is -6.90. The van der Waals surface area contributed by atoms with E-state index in [1.54, 1.807) is 48.6 Å². The van der Waals surface area contributed by atoms with Crippen LogP contribution in [0.2, 0.25) is 5.02 Å². The molecule has 21 nitrogen and oxygen atoms in total. The van der Waals surface area contributed by atoms with Crippen molar-refractivity contribution < 1.29 is 56.8 Å². The number of aryl methyl sites for hydroxylation is 1. The van der Waals surface area contributed by atoms with Gasteiger partial charge in [-0.05, 0) is 123 Å². The number of fused-ring (bicyclic) bond motifs is 4. The van der Waals surface area contributed by atoms with Crippen LogP contribution in [0.4, 0.5) is 29.3 Å². The van der Waals surface area contributed by atoms with Gasteiger partial charge in [-0.15, -0.1) is 11.3 Å². The van der Waals surface area contributed by atoms with Crippen molar-refractivity contribution in [1.29, 1.82) is 0 Å². The van der Waals surface area contributed by atoms with Crippen LogP contribution in [-0.4, -0.2) is 169 Å². The van der Waals surface area contributed by atoms with E-state index in [2.05, 4.69) is 30.8 Å². The van der Waals surface area contributed by atoms with Crippen LogP contribution in [0.5, 0.6) is 6.01 Å². The Labute approximate surface area is 535 Å². The number of halogens is 3. The number of piperazine rings is 1. The molecule has 0 saturated carbocycles. The number of hydrogen-bond acceptors (Lipinski definition) is 18. The minimum Gasteiger partial charge on any atom is -0.459 e. The van der Waals surface area contributed by atoms with Crippen LogP contribution in [-0.2, 0) is 28.6 Å². The highest BCUT2D eigenvalue weighted by atomic mass is 35.5. The first-order chi connectivity index (χ1) is 42.4. The van der Waals surface area contributed by atoms with Crippen molar-refractivity contribution in [3.05, 3.63) is 75.9 Å². The molecule has 4 aliphatic heterocycles. The first kappa shape index (κ1) is 66.0. The number of piperidine rings is 1. The molecule has 5 amide bonds. The second kappa shape index (κ2) is 26.4. The maximum Gasteiger partial charge on any atom is 0.413 e. The molecule has 26 heteroatoms. The summed E-state index contributed by atoms with van der Waals surface area (Å²) in [6.07, 6.45) is -0.272. The third kappa shape index (κ3) is 15.0. The summed E-state index contributed by atoms with van der Waals surface area (Å²) in [5.41, 5.74) is 2.36. The van der Waals surface area contributed by atoms with Crippen LogP contribution in [0.3, 0.4) is 0 Å². The number of benzene rings is 3. The van der Waals surface area contributed by atoms with Crippen LogP contribution < -0.4 is 25.6 Å². The highest BCUT2D eigenvalue weighted by molar-refractivity contribution is 7.22. The van der Waals surface area contributed by atoms with Gasteiger partial charge in [-0.3, -0.25) is 29.5 Å². The molecule has 3 aromatic carbocycles. The minimum atomic E-state index is -1.03. The smallest absolute Gasteiger partial charge is 0.413 e. The van der Waals surface area contributed by atoms with Crippen LogP contribution >= 0.6 is 34.3 Å². The largest absolute Gasteiger partial charge is 0.459 e. The number of nitrogens with zero attached hydrogens (tertiary/aromatic N) is 8. The summed E-state index contributed by atoms with van der Waals surface area (Å²) in [4.78, 5) is 95.1. The lowest BCUT2D eigenvalue weighted by molar-refractivity contribution is -0.145. The predicted octanol–water partition coefficient (Wildman–Crippen LogP) is 10.8. The van der Waals surface area contributed by atoms with Gasteiger partial charge in [-0.1, -0.05) is 68.0 Å². The second-order valence-electron chi connectivity index (χ2n) is 27.0. The number of β-amino-alcohol motifs (C(OH)–C–C–N with tert-alkyl or cyclic N) is 1. The monoisotopic (exact) mass is 1300 g/mol. The number of rotatable bonds is 16. The molecule has 7 atom stereocenters. The number of amides is 5. The van der Waals surface area contributed by atoms with Crippen LogP contribution in [0.25, 0.3) is 42.7 Å². The van der Waals surface area contributed by atoms with Crippen LogP contribution in [0.15, 0.2) is 48.0 Å². The molecule has 3 aromatic heterocycles. The number of aromatic nitrogens is 4. The summed E-state index contributed by atoms with van der Waals surface area (Å²) >= 11 is 9.49.